The van der Waals surface area contributed by atoms with Crippen LogP contribution >= 0.6 is 0 Å². The third-order valence-electron chi connectivity index (χ3n) is 5.28. The van der Waals surface area contributed by atoms with Gasteiger partial charge in [0.15, 0.2) is 5.78 Å². The number of carbonyl (C=O) groups excluding carboxylic acids is 2. The number of pyridine rings is 1. The highest BCUT2D eigenvalue weighted by molar-refractivity contribution is 7.89. The standard InChI is InChI=1S/C24H28N4O7S/c1-16(2)11-21(27-24(31)32)22(30)28(13-17-7-9-25-10-8-17)14-19(29)12-26-36(33,34)23-20-6-4-3-5-18(20)15-35-23/h3-10,15-16,21,26-27H,11-14H2,1-2H3,(H,31,32). The fourth-order valence-corrected chi connectivity index (χ4v) is 4.80. The molecule has 2 amide bonds. The molecule has 0 fully saturated rings. The molecule has 2 heterocycles. The number of benzene rings is 1. The molecule has 0 aliphatic rings. The van der Waals surface area contributed by atoms with Gasteiger partial charge in [-0.15, -0.1) is 0 Å². The molecule has 36 heavy (non-hydrogen) atoms. The molecule has 0 aliphatic heterocycles. The number of furan rings is 1. The number of nitrogens with zero attached hydrogens (tertiary/aromatic N) is 2. The van der Waals surface area contributed by atoms with Crippen molar-refractivity contribution in [2.45, 2.75) is 37.9 Å². The minimum atomic E-state index is -4.14. The van der Waals surface area contributed by atoms with E-state index in [-0.39, 0.29) is 24.0 Å². The number of carbonyl (C=O) groups is 3. The molecule has 0 spiro atoms. The summed E-state index contributed by atoms with van der Waals surface area (Å²) in [5, 5.41) is 12.1. The molecule has 0 bridgehead atoms. The highest BCUT2D eigenvalue weighted by atomic mass is 32.2. The van der Waals surface area contributed by atoms with Crippen molar-refractivity contribution < 1.29 is 32.3 Å². The van der Waals surface area contributed by atoms with Crippen molar-refractivity contribution in [1.82, 2.24) is 19.9 Å². The van der Waals surface area contributed by atoms with Crippen molar-refractivity contribution in [2.75, 3.05) is 13.1 Å². The van der Waals surface area contributed by atoms with Crippen molar-refractivity contribution >= 4 is 38.6 Å². The van der Waals surface area contributed by atoms with Crippen molar-refractivity contribution in [3.63, 3.8) is 0 Å². The van der Waals surface area contributed by atoms with E-state index in [1.165, 1.54) is 23.6 Å². The molecule has 12 heteroatoms. The molecule has 2 aromatic heterocycles. The molecule has 0 saturated heterocycles. The number of sulfonamides is 1. The zero-order chi connectivity index (χ0) is 26.3. The summed E-state index contributed by atoms with van der Waals surface area (Å²) in [6.07, 6.45) is 3.24. The van der Waals surface area contributed by atoms with Gasteiger partial charge in [-0.25, -0.2) is 17.9 Å². The summed E-state index contributed by atoms with van der Waals surface area (Å²) >= 11 is 0. The molecular weight excluding hydrogens is 488 g/mol. The summed E-state index contributed by atoms with van der Waals surface area (Å²) in [6, 6.07) is 8.96. The summed E-state index contributed by atoms with van der Waals surface area (Å²) in [5.41, 5.74) is 0.674. The highest BCUT2D eigenvalue weighted by Crippen LogP contribution is 2.24. The van der Waals surface area contributed by atoms with Crippen LogP contribution in [0.15, 0.2) is 64.6 Å². The molecule has 11 nitrogen and oxygen atoms in total. The van der Waals surface area contributed by atoms with Crippen LogP contribution in [0.5, 0.6) is 0 Å². The van der Waals surface area contributed by atoms with Crippen molar-refractivity contribution in [3.05, 3.63) is 60.6 Å². The van der Waals surface area contributed by atoms with Gasteiger partial charge in [0.05, 0.1) is 13.1 Å². The van der Waals surface area contributed by atoms with Crippen LogP contribution in [0.2, 0.25) is 0 Å². The van der Waals surface area contributed by atoms with Gasteiger partial charge in [-0.1, -0.05) is 32.0 Å². The van der Waals surface area contributed by atoms with Gasteiger partial charge < -0.3 is 19.7 Å². The maximum Gasteiger partial charge on any atom is 0.405 e. The minimum absolute atomic E-state index is 0.000736. The number of amides is 2. The quantitative estimate of drug-likeness (QED) is 0.331. The lowest BCUT2D eigenvalue weighted by molar-refractivity contribution is -0.137. The largest absolute Gasteiger partial charge is 0.465 e. The van der Waals surface area contributed by atoms with E-state index < -0.39 is 46.9 Å². The number of aromatic nitrogens is 1. The molecule has 192 valence electrons. The van der Waals surface area contributed by atoms with Crippen LogP contribution in [0.1, 0.15) is 25.8 Å². The SMILES string of the molecule is CC(C)CC(NC(=O)O)C(=O)N(CC(=O)CNS(=O)(=O)c1occ2ccccc12)Cc1ccncc1. The number of nitrogens with one attached hydrogen (secondary N) is 2. The van der Waals surface area contributed by atoms with E-state index in [0.717, 1.165) is 0 Å². The van der Waals surface area contributed by atoms with Crippen LogP contribution in [-0.4, -0.2) is 60.3 Å². The lowest BCUT2D eigenvalue weighted by Crippen LogP contribution is -2.50. The molecule has 3 rings (SSSR count). The van der Waals surface area contributed by atoms with E-state index >= 15 is 0 Å². The Morgan fingerprint density at radius 3 is 2.47 bits per heavy atom. The normalized spacial score (nSPS) is 12.4. The third-order valence-corrected chi connectivity index (χ3v) is 6.61. The molecule has 1 atom stereocenters. The van der Waals surface area contributed by atoms with Gasteiger partial charge in [-0.3, -0.25) is 14.6 Å². The number of ketones is 1. The number of fused-ring (bicyclic) bond motifs is 1. The summed E-state index contributed by atoms with van der Waals surface area (Å²) in [6.45, 7) is 2.68. The predicted octanol–water partition coefficient (Wildman–Crippen LogP) is 2.39. The molecular formula is C24H28N4O7S. The number of rotatable bonds is 12. The van der Waals surface area contributed by atoms with Crippen molar-refractivity contribution in [2.24, 2.45) is 5.92 Å². The number of hydrogen-bond acceptors (Lipinski definition) is 7. The molecule has 3 N–H and O–H groups in total. The molecule has 1 unspecified atom stereocenters. The maximum atomic E-state index is 13.3. The van der Waals surface area contributed by atoms with Crippen LogP contribution in [0.3, 0.4) is 0 Å². The number of Topliss-reactive ketones (excluding diaryl/α,β-unsaturated/α-hetero) is 1. The fraction of sp³-hybridized carbons (Fsp3) is 0.333. The Labute approximate surface area is 208 Å². The fourth-order valence-electron chi connectivity index (χ4n) is 3.67. The minimum Gasteiger partial charge on any atom is -0.465 e. The monoisotopic (exact) mass is 516 g/mol. The van der Waals surface area contributed by atoms with Crippen LogP contribution in [-0.2, 0) is 26.2 Å². The average molecular weight is 517 g/mol. The Balaban J connectivity index is 1.75. The van der Waals surface area contributed by atoms with Crippen LogP contribution in [0.4, 0.5) is 4.79 Å². The Bertz CT molecular complexity index is 1320. The topological polar surface area (TPSA) is 159 Å². The first-order chi connectivity index (χ1) is 17.1. The van der Waals surface area contributed by atoms with Crippen LogP contribution in [0, 0.1) is 5.92 Å². The molecule has 1 aromatic carbocycles. The van der Waals surface area contributed by atoms with Crippen LogP contribution < -0.4 is 10.0 Å². The second-order valence-corrected chi connectivity index (χ2v) is 10.3. The summed E-state index contributed by atoms with van der Waals surface area (Å²) in [5.74, 6) is -1.18. The van der Waals surface area contributed by atoms with Gasteiger partial charge in [-0.05, 0) is 36.1 Å². The molecule has 0 saturated carbocycles. The molecule has 0 radical (unpaired) electrons. The summed E-state index contributed by atoms with van der Waals surface area (Å²) in [4.78, 5) is 42.5. The first kappa shape index (κ1) is 26.8. The predicted molar refractivity (Wildman–Crippen MR) is 130 cm³/mol. The van der Waals surface area contributed by atoms with Gasteiger partial charge >= 0.3 is 6.09 Å². The smallest absolute Gasteiger partial charge is 0.405 e. The zero-order valence-corrected chi connectivity index (χ0v) is 20.7. The van der Waals surface area contributed by atoms with Gasteiger partial charge in [0.2, 0.25) is 11.0 Å². The summed E-state index contributed by atoms with van der Waals surface area (Å²) in [7, 11) is -4.14. The third kappa shape index (κ3) is 7.12. The maximum absolute atomic E-state index is 13.3. The second-order valence-electron chi connectivity index (χ2n) is 8.66. The Morgan fingerprint density at radius 2 is 1.81 bits per heavy atom. The average Bonchev–Trinajstić information content (AvgIpc) is 3.27. The lowest BCUT2D eigenvalue weighted by atomic mass is 10.0. The van der Waals surface area contributed by atoms with E-state index in [4.69, 9.17) is 4.42 Å². The van der Waals surface area contributed by atoms with Gasteiger partial charge in [-0.2, -0.15) is 0 Å². The first-order valence-corrected chi connectivity index (χ1v) is 12.7. The van der Waals surface area contributed by atoms with E-state index in [0.29, 0.717) is 16.3 Å². The Kier molecular flexibility index (Phi) is 8.78. The van der Waals surface area contributed by atoms with Crippen LogP contribution in [0.25, 0.3) is 10.8 Å². The van der Waals surface area contributed by atoms with E-state index in [2.05, 4.69) is 15.0 Å². The van der Waals surface area contributed by atoms with Crippen molar-refractivity contribution in [1.29, 1.82) is 0 Å². The number of hydrogen-bond donors (Lipinski definition) is 3. The Hall–Kier alpha value is -3.77. The summed E-state index contributed by atoms with van der Waals surface area (Å²) < 4.78 is 33.0. The lowest BCUT2D eigenvalue weighted by Gasteiger charge is -2.28. The highest BCUT2D eigenvalue weighted by Gasteiger charge is 2.29. The zero-order valence-electron chi connectivity index (χ0n) is 19.9. The second kappa shape index (κ2) is 11.8. The van der Waals surface area contributed by atoms with E-state index in [1.807, 2.05) is 13.8 Å². The van der Waals surface area contributed by atoms with Gasteiger partial charge in [0.1, 0.15) is 12.3 Å². The molecule has 3 aromatic rings. The first-order valence-electron chi connectivity index (χ1n) is 11.2. The van der Waals surface area contributed by atoms with Crippen molar-refractivity contribution in [3.8, 4) is 0 Å². The number of carboxylic acid groups (broad SMARTS) is 1. The Morgan fingerprint density at radius 1 is 1.11 bits per heavy atom. The van der Waals surface area contributed by atoms with Gasteiger partial charge in [0.25, 0.3) is 10.0 Å². The van der Waals surface area contributed by atoms with Gasteiger partial charge in [0, 0.05) is 29.7 Å². The molecule has 0 aliphatic carbocycles. The van der Waals surface area contributed by atoms with E-state index in [9.17, 15) is 27.9 Å². The van der Waals surface area contributed by atoms with E-state index in [1.54, 1.807) is 36.4 Å².